The summed E-state index contributed by atoms with van der Waals surface area (Å²) in [6.07, 6.45) is 5.48. The summed E-state index contributed by atoms with van der Waals surface area (Å²) in [6.45, 7) is 7.17. The van der Waals surface area contributed by atoms with Crippen molar-refractivity contribution in [3.8, 4) is 12.3 Å². The van der Waals surface area contributed by atoms with E-state index in [4.69, 9.17) is 21.6 Å². The second-order valence-corrected chi connectivity index (χ2v) is 6.23. The smallest absolute Gasteiger partial charge is 0.308 e. The lowest BCUT2D eigenvalue weighted by Crippen LogP contribution is -2.47. The van der Waals surface area contributed by atoms with Gasteiger partial charge in [-0.1, -0.05) is 19.8 Å². The minimum Gasteiger partial charge on any atom is -0.455 e. The van der Waals surface area contributed by atoms with Gasteiger partial charge in [0, 0.05) is 6.20 Å². The van der Waals surface area contributed by atoms with Crippen LogP contribution in [0.15, 0.2) is 18.6 Å². The summed E-state index contributed by atoms with van der Waals surface area (Å²) in [6, 6.07) is 1.69. The van der Waals surface area contributed by atoms with Crippen LogP contribution in [0.25, 0.3) is 11.0 Å². The highest BCUT2D eigenvalue weighted by atomic mass is 16.6. The van der Waals surface area contributed by atoms with Crippen LogP contribution in [0.3, 0.4) is 0 Å². The summed E-state index contributed by atoms with van der Waals surface area (Å²) >= 11 is 0. The number of anilines is 1. The predicted octanol–water partition coefficient (Wildman–Crippen LogP) is 0.677. The van der Waals surface area contributed by atoms with Crippen molar-refractivity contribution in [1.82, 2.24) is 14.5 Å². The maximum absolute atomic E-state index is 12.0. The number of fused-ring (bicyclic) bond motifs is 1. The van der Waals surface area contributed by atoms with Gasteiger partial charge in [-0.25, -0.2) is 9.97 Å². The number of aliphatic hydroxyl groups is 1. The molecule has 2 aromatic heterocycles. The van der Waals surface area contributed by atoms with E-state index in [9.17, 15) is 9.90 Å². The van der Waals surface area contributed by atoms with Crippen molar-refractivity contribution in [2.24, 2.45) is 5.92 Å². The fourth-order valence-corrected chi connectivity index (χ4v) is 2.80. The van der Waals surface area contributed by atoms with Crippen molar-refractivity contribution in [1.29, 1.82) is 0 Å². The van der Waals surface area contributed by atoms with Crippen LogP contribution in [-0.4, -0.2) is 43.4 Å². The number of nitrogens with zero attached hydrogens (tertiary/aromatic N) is 3. The first-order chi connectivity index (χ1) is 11.8. The van der Waals surface area contributed by atoms with E-state index in [1.165, 1.54) is 10.9 Å². The number of terminal acetylenes is 1. The van der Waals surface area contributed by atoms with Gasteiger partial charge in [-0.05, 0) is 13.0 Å². The third-order valence-corrected chi connectivity index (χ3v) is 4.19. The molecule has 0 amide bonds. The minimum atomic E-state index is -1.91. The number of rotatable bonds is 3. The SMILES string of the molecule is C#C[C@@]1(O)[C@H](OC(=O)C(C)C)[C@@H]([CH2])O[C@H]1n1ccc2c(N)ncnc21. The first-order valence-corrected chi connectivity index (χ1v) is 7.75. The van der Waals surface area contributed by atoms with Gasteiger partial charge >= 0.3 is 5.97 Å². The monoisotopic (exact) mass is 343 g/mol. The lowest BCUT2D eigenvalue weighted by Gasteiger charge is -2.29. The number of hydrogen-bond donors (Lipinski definition) is 2. The van der Waals surface area contributed by atoms with Crippen LogP contribution in [0.1, 0.15) is 20.1 Å². The number of ether oxygens (including phenoxy) is 2. The van der Waals surface area contributed by atoms with E-state index in [1.54, 1.807) is 26.1 Å². The zero-order chi connectivity index (χ0) is 18.4. The molecule has 0 saturated carbocycles. The molecule has 0 aliphatic carbocycles. The summed E-state index contributed by atoms with van der Waals surface area (Å²) in [7, 11) is 0. The number of hydrogen-bond acceptors (Lipinski definition) is 7. The van der Waals surface area contributed by atoms with E-state index in [-0.39, 0.29) is 5.92 Å². The molecule has 0 unspecified atom stereocenters. The van der Waals surface area contributed by atoms with Crippen molar-refractivity contribution in [2.45, 2.75) is 37.9 Å². The molecule has 3 heterocycles. The maximum Gasteiger partial charge on any atom is 0.308 e. The summed E-state index contributed by atoms with van der Waals surface area (Å²) in [5.74, 6) is 1.71. The van der Waals surface area contributed by atoms with Gasteiger partial charge in [-0.3, -0.25) is 4.79 Å². The Hall–Kier alpha value is -2.63. The zero-order valence-corrected chi connectivity index (χ0v) is 13.9. The first-order valence-electron chi connectivity index (χ1n) is 7.75. The van der Waals surface area contributed by atoms with Crippen LogP contribution in [0.2, 0.25) is 0 Å². The van der Waals surface area contributed by atoms with E-state index < -0.39 is 30.0 Å². The Morgan fingerprint density at radius 3 is 2.96 bits per heavy atom. The number of nitrogens with two attached hydrogens (primary N) is 1. The Morgan fingerprint density at radius 1 is 1.60 bits per heavy atom. The van der Waals surface area contributed by atoms with Crippen LogP contribution in [-0.2, 0) is 14.3 Å². The predicted molar refractivity (Wildman–Crippen MR) is 89.7 cm³/mol. The number of aromatic nitrogens is 3. The van der Waals surface area contributed by atoms with E-state index in [2.05, 4.69) is 22.8 Å². The van der Waals surface area contributed by atoms with Gasteiger partial charge < -0.3 is 24.9 Å². The number of esters is 1. The molecule has 2 aromatic rings. The summed E-state index contributed by atoms with van der Waals surface area (Å²) < 4.78 is 12.6. The molecule has 0 aromatic carbocycles. The fourth-order valence-electron chi connectivity index (χ4n) is 2.80. The number of carbonyl (C=O) groups excluding carboxylic acids is 1. The molecule has 3 rings (SSSR count). The van der Waals surface area contributed by atoms with E-state index in [1.807, 2.05) is 0 Å². The van der Waals surface area contributed by atoms with Crippen LogP contribution < -0.4 is 5.73 Å². The molecule has 8 heteroatoms. The van der Waals surface area contributed by atoms with Crippen LogP contribution in [0.4, 0.5) is 5.82 Å². The Balaban J connectivity index is 2.03. The molecule has 1 fully saturated rings. The largest absolute Gasteiger partial charge is 0.455 e. The van der Waals surface area contributed by atoms with Crippen LogP contribution >= 0.6 is 0 Å². The number of nitrogen functional groups attached to an aromatic ring is 1. The third kappa shape index (κ3) is 2.62. The molecule has 131 valence electrons. The standard InChI is InChI=1S/C17H19N4O4/c1-5-17(23)12(25-15(22)9(2)3)10(4)24-16(17)21-7-6-11-13(18)19-8-20-14(11)21/h1,6-10,12,16,23H,4H2,2-3H3,(H2,18,19,20)/t10-,12-,16-,17-/m1/s1. The lowest BCUT2D eigenvalue weighted by atomic mass is 9.95. The highest BCUT2D eigenvalue weighted by molar-refractivity contribution is 5.86. The van der Waals surface area contributed by atoms with Crippen molar-refractivity contribution < 1.29 is 19.4 Å². The molecule has 8 nitrogen and oxygen atoms in total. The summed E-state index contributed by atoms with van der Waals surface area (Å²) in [4.78, 5) is 20.1. The average molecular weight is 343 g/mol. The molecular weight excluding hydrogens is 324 g/mol. The second kappa shape index (κ2) is 6.02. The maximum atomic E-state index is 12.0. The van der Waals surface area contributed by atoms with Crippen molar-refractivity contribution >= 4 is 22.8 Å². The molecule has 1 radical (unpaired) electrons. The van der Waals surface area contributed by atoms with Crippen molar-refractivity contribution in [2.75, 3.05) is 5.73 Å². The van der Waals surface area contributed by atoms with E-state index >= 15 is 0 Å². The molecule has 0 bridgehead atoms. The van der Waals surface area contributed by atoms with Crippen molar-refractivity contribution in [3.63, 3.8) is 0 Å². The van der Waals surface area contributed by atoms with Gasteiger partial charge in [0.2, 0.25) is 5.60 Å². The normalized spacial score (nSPS) is 29.0. The molecule has 1 saturated heterocycles. The zero-order valence-electron chi connectivity index (χ0n) is 13.9. The van der Waals surface area contributed by atoms with E-state index in [0.717, 1.165) is 0 Å². The summed E-state index contributed by atoms with van der Waals surface area (Å²) in [5, 5.41) is 11.6. The molecule has 1 aliphatic rings. The first kappa shape index (κ1) is 17.2. The quantitative estimate of drug-likeness (QED) is 0.622. The second-order valence-electron chi connectivity index (χ2n) is 6.23. The Bertz CT molecular complexity index is 856. The average Bonchev–Trinajstić information content (AvgIpc) is 3.10. The van der Waals surface area contributed by atoms with Gasteiger partial charge in [-0.2, -0.15) is 0 Å². The highest BCUT2D eigenvalue weighted by Crippen LogP contribution is 2.41. The van der Waals surface area contributed by atoms with Gasteiger partial charge in [0.05, 0.1) is 11.3 Å². The topological polar surface area (TPSA) is 112 Å². The lowest BCUT2D eigenvalue weighted by molar-refractivity contribution is -0.162. The Morgan fingerprint density at radius 2 is 2.32 bits per heavy atom. The van der Waals surface area contributed by atoms with Gasteiger partial charge in [-0.15, -0.1) is 6.42 Å². The van der Waals surface area contributed by atoms with Crippen molar-refractivity contribution in [3.05, 3.63) is 25.5 Å². The molecule has 4 atom stereocenters. The van der Waals surface area contributed by atoms with Gasteiger partial charge in [0.25, 0.3) is 0 Å². The Kier molecular flexibility index (Phi) is 4.14. The Labute approximate surface area is 145 Å². The highest BCUT2D eigenvalue weighted by Gasteiger charge is 2.57. The molecule has 25 heavy (non-hydrogen) atoms. The van der Waals surface area contributed by atoms with Gasteiger partial charge in [0.1, 0.15) is 23.9 Å². The van der Waals surface area contributed by atoms with Crippen LogP contribution in [0, 0.1) is 25.2 Å². The summed E-state index contributed by atoms with van der Waals surface area (Å²) in [5.41, 5.74) is 4.36. The number of carbonyl (C=O) groups is 1. The van der Waals surface area contributed by atoms with E-state index in [0.29, 0.717) is 16.9 Å². The molecular formula is C17H19N4O4. The van der Waals surface area contributed by atoms with Crippen LogP contribution in [0.5, 0.6) is 0 Å². The molecule has 3 N–H and O–H groups in total. The molecule has 1 aliphatic heterocycles. The minimum absolute atomic E-state index is 0.292. The molecule has 0 spiro atoms. The third-order valence-electron chi connectivity index (χ3n) is 4.19. The fraction of sp³-hybridized carbons (Fsp3) is 0.412. The van der Waals surface area contributed by atoms with Gasteiger partial charge in [0.15, 0.2) is 12.3 Å².